The van der Waals surface area contributed by atoms with Crippen molar-refractivity contribution in [3.05, 3.63) is 70.7 Å². The minimum Gasteiger partial charge on any atom is -0.349 e. The lowest BCUT2D eigenvalue weighted by atomic mass is 10.2. The van der Waals surface area contributed by atoms with Crippen LogP contribution in [0.1, 0.15) is 10.7 Å². The maximum absolute atomic E-state index is 12.2. The van der Waals surface area contributed by atoms with E-state index in [9.17, 15) is 4.79 Å². The lowest BCUT2D eigenvalue weighted by Gasteiger charge is -2.01. The first kappa shape index (κ1) is 15.9. The molecule has 2 heterocycles. The van der Waals surface area contributed by atoms with Crippen molar-refractivity contribution in [3.8, 4) is 10.6 Å². The van der Waals surface area contributed by atoms with Gasteiger partial charge in [0.05, 0.1) is 28.9 Å². The van der Waals surface area contributed by atoms with Crippen molar-refractivity contribution in [2.75, 3.05) is 0 Å². The van der Waals surface area contributed by atoms with Crippen molar-refractivity contribution in [1.29, 1.82) is 0 Å². The maximum Gasteiger partial charge on any atom is 0.226 e. The highest BCUT2D eigenvalue weighted by Crippen LogP contribution is 2.24. The third-order valence-corrected chi connectivity index (χ3v) is 5.67. The van der Waals surface area contributed by atoms with Crippen LogP contribution in [0, 0.1) is 0 Å². The van der Waals surface area contributed by atoms with Crippen LogP contribution < -0.4 is 5.32 Å². The maximum atomic E-state index is 12.2. The number of carbonyl (C=O) groups excluding carboxylic acids is 1. The summed E-state index contributed by atoms with van der Waals surface area (Å²) >= 11 is 3.17. The number of nitrogens with zero attached hydrogens (tertiary/aromatic N) is 2. The van der Waals surface area contributed by atoms with Crippen LogP contribution in [-0.4, -0.2) is 15.9 Å². The zero-order valence-corrected chi connectivity index (χ0v) is 14.9. The lowest BCUT2D eigenvalue weighted by molar-refractivity contribution is -0.120. The van der Waals surface area contributed by atoms with E-state index in [1.165, 1.54) is 0 Å². The Morgan fingerprint density at radius 1 is 1.00 bits per heavy atom. The van der Waals surface area contributed by atoms with Gasteiger partial charge in [-0.05, 0) is 12.1 Å². The summed E-state index contributed by atoms with van der Waals surface area (Å²) in [5.74, 6) is -0.0378. The normalized spacial score (nSPS) is 10.9. The van der Waals surface area contributed by atoms with E-state index < -0.39 is 0 Å². The van der Waals surface area contributed by atoms with Crippen LogP contribution in [0.4, 0.5) is 0 Å². The zero-order chi connectivity index (χ0) is 17.1. The number of amides is 1. The molecule has 4 nitrogen and oxygen atoms in total. The standard InChI is InChI=1S/C19H15N3OS2/c23-17(20-11-18-22-15-8-4-5-9-16(15)25-18)10-14-12-24-19(21-14)13-6-2-1-3-7-13/h1-9,12H,10-11H2,(H,20,23). The van der Waals surface area contributed by atoms with Gasteiger partial charge < -0.3 is 5.32 Å². The minimum atomic E-state index is -0.0378. The van der Waals surface area contributed by atoms with E-state index in [0.29, 0.717) is 6.54 Å². The van der Waals surface area contributed by atoms with Crippen LogP contribution in [-0.2, 0) is 17.8 Å². The third-order valence-electron chi connectivity index (χ3n) is 3.69. The second-order valence-corrected chi connectivity index (χ2v) is 7.51. The van der Waals surface area contributed by atoms with Gasteiger partial charge in [0.15, 0.2) is 0 Å². The molecule has 0 saturated heterocycles. The number of hydrogen-bond acceptors (Lipinski definition) is 5. The highest BCUT2D eigenvalue weighted by Gasteiger charge is 2.10. The van der Waals surface area contributed by atoms with E-state index in [4.69, 9.17) is 0 Å². The molecule has 124 valence electrons. The third kappa shape index (κ3) is 3.75. The number of fused-ring (bicyclic) bond motifs is 1. The number of hydrogen-bond donors (Lipinski definition) is 1. The number of nitrogens with one attached hydrogen (secondary N) is 1. The molecule has 0 aliphatic carbocycles. The Kier molecular flexibility index (Phi) is 4.54. The van der Waals surface area contributed by atoms with Gasteiger partial charge in [-0.2, -0.15) is 0 Å². The number of thiazole rings is 2. The van der Waals surface area contributed by atoms with Gasteiger partial charge in [-0.3, -0.25) is 4.79 Å². The minimum absolute atomic E-state index is 0.0378. The van der Waals surface area contributed by atoms with Gasteiger partial charge in [-0.1, -0.05) is 42.5 Å². The number of aromatic nitrogens is 2. The van der Waals surface area contributed by atoms with Crippen LogP contribution in [0.25, 0.3) is 20.8 Å². The van der Waals surface area contributed by atoms with E-state index in [-0.39, 0.29) is 12.3 Å². The molecule has 0 spiro atoms. The van der Waals surface area contributed by atoms with Gasteiger partial charge in [0.2, 0.25) is 5.91 Å². The first-order chi connectivity index (χ1) is 12.3. The predicted molar refractivity (Wildman–Crippen MR) is 103 cm³/mol. The summed E-state index contributed by atoms with van der Waals surface area (Å²) in [6, 6.07) is 18.0. The molecule has 4 rings (SSSR count). The molecule has 0 radical (unpaired) electrons. The summed E-state index contributed by atoms with van der Waals surface area (Å²) in [6.07, 6.45) is 0.286. The fourth-order valence-electron chi connectivity index (χ4n) is 2.50. The molecule has 2 aromatic carbocycles. The second kappa shape index (κ2) is 7.13. The van der Waals surface area contributed by atoms with Crippen LogP contribution >= 0.6 is 22.7 Å². The van der Waals surface area contributed by atoms with E-state index >= 15 is 0 Å². The largest absolute Gasteiger partial charge is 0.349 e. The van der Waals surface area contributed by atoms with Crippen LogP contribution in [0.2, 0.25) is 0 Å². The molecule has 0 saturated carbocycles. The molecule has 1 amide bonds. The van der Waals surface area contributed by atoms with Crippen molar-refractivity contribution in [3.63, 3.8) is 0 Å². The smallest absolute Gasteiger partial charge is 0.226 e. The highest BCUT2D eigenvalue weighted by atomic mass is 32.1. The molecule has 4 aromatic rings. The molecule has 0 unspecified atom stereocenters. The Labute approximate surface area is 153 Å². The SMILES string of the molecule is O=C(Cc1csc(-c2ccccc2)n1)NCc1nc2ccccc2s1. The molecule has 1 N–H and O–H groups in total. The predicted octanol–water partition coefficient (Wildman–Crippen LogP) is 4.28. The van der Waals surface area contributed by atoms with E-state index in [1.807, 2.05) is 60.0 Å². The molecule has 6 heteroatoms. The van der Waals surface area contributed by atoms with Crippen molar-refractivity contribution in [2.24, 2.45) is 0 Å². The van der Waals surface area contributed by atoms with Crippen molar-refractivity contribution >= 4 is 38.8 Å². The Morgan fingerprint density at radius 2 is 1.80 bits per heavy atom. The van der Waals surface area contributed by atoms with Gasteiger partial charge in [0, 0.05) is 10.9 Å². The Bertz CT molecular complexity index is 975. The number of para-hydroxylation sites is 1. The average Bonchev–Trinajstić information content (AvgIpc) is 3.27. The van der Waals surface area contributed by atoms with Crippen LogP contribution in [0.15, 0.2) is 60.0 Å². The topological polar surface area (TPSA) is 54.9 Å². The number of carbonyl (C=O) groups is 1. The summed E-state index contributed by atoms with van der Waals surface area (Å²) < 4.78 is 1.14. The number of rotatable bonds is 5. The van der Waals surface area contributed by atoms with E-state index in [0.717, 1.165) is 31.5 Å². The molecule has 2 aromatic heterocycles. The molecular weight excluding hydrogens is 350 g/mol. The lowest BCUT2D eigenvalue weighted by Crippen LogP contribution is -2.24. The highest BCUT2D eigenvalue weighted by molar-refractivity contribution is 7.18. The van der Waals surface area contributed by atoms with Gasteiger partial charge in [-0.25, -0.2) is 9.97 Å². The quantitative estimate of drug-likeness (QED) is 0.574. The van der Waals surface area contributed by atoms with Gasteiger partial charge in [-0.15, -0.1) is 22.7 Å². The number of benzene rings is 2. The second-order valence-electron chi connectivity index (χ2n) is 5.54. The van der Waals surface area contributed by atoms with Crippen molar-refractivity contribution < 1.29 is 4.79 Å². The summed E-state index contributed by atoms with van der Waals surface area (Å²) in [6.45, 7) is 0.452. The molecule has 25 heavy (non-hydrogen) atoms. The Hall–Kier alpha value is -2.57. The van der Waals surface area contributed by atoms with Gasteiger partial charge in [0.25, 0.3) is 0 Å². The van der Waals surface area contributed by atoms with Crippen molar-refractivity contribution in [2.45, 2.75) is 13.0 Å². The molecule has 0 aliphatic rings. The summed E-state index contributed by atoms with van der Waals surface area (Å²) in [7, 11) is 0. The Morgan fingerprint density at radius 3 is 2.64 bits per heavy atom. The van der Waals surface area contributed by atoms with Crippen LogP contribution in [0.3, 0.4) is 0 Å². The summed E-state index contributed by atoms with van der Waals surface area (Å²) in [5, 5.41) is 6.73. The first-order valence-corrected chi connectivity index (χ1v) is 9.58. The summed E-state index contributed by atoms with van der Waals surface area (Å²) in [5.41, 5.74) is 2.85. The zero-order valence-electron chi connectivity index (χ0n) is 13.3. The Balaban J connectivity index is 1.37. The fourth-order valence-corrected chi connectivity index (χ4v) is 4.23. The van der Waals surface area contributed by atoms with Gasteiger partial charge >= 0.3 is 0 Å². The monoisotopic (exact) mass is 365 g/mol. The fraction of sp³-hybridized carbons (Fsp3) is 0.105. The van der Waals surface area contributed by atoms with Crippen molar-refractivity contribution in [1.82, 2.24) is 15.3 Å². The first-order valence-electron chi connectivity index (χ1n) is 7.89. The molecular formula is C19H15N3OS2. The van der Waals surface area contributed by atoms with E-state index in [2.05, 4.69) is 15.3 Å². The molecule has 0 atom stereocenters. The average molecular weight is 365 g/mol. The molecule has 0 fully saturated rings. The van der Waals surface area contributed by atoms with Gasteiger partial charge in [0.1, 0.15) is 10.0 Å². The van der Waals surface area contributed by atoms with Crippen LogP contribution in [0.5, 0.6) is 0 Å². The summed E-state index contributed by atoms with van der Waals surface area (Å²) in [4.78, 5) is 21.3. The molecule has 0 bridgehead atoms. The van der Waals surface area contributed by atoms with E-state index in [1.54, 1.807) is 22.7 Å². The molecule has 0 aliphatic heterocycles.